The highest BCUT2D eigenvalue weighted by molar-refractivity contribution is 5.89. The number of benzene rings is 2. The summed E-state index contributed by atoms with van der Waals surface area (Å²) in [6.07, 6.45) is 3.10. The normalized spacial score (nSPS) is 10.8. The zero-order valence-corrected chi connectivity index (χ0v) is 14.7. The minimum Gasteiger partial charge on any atom is -0.497 e. The van der Waals surface area contributed by atoms with Crippen LogP contribution < -0.4 is 14.8 Å². The number of methoxy groups -OCH3 is 2. The summed E-state index contributed by atoms with van der Waals surface area (Å²) in [5.74, 6) is 1.59. The molecule has 2 heterocycles. The van der Waals surface area contributed by atoms with Crippen molar-refractivity contribution in [3.8, 4) is 17.2 Å². The summed E-state index contributed by atoms with van der Waals surface area (Å²) < 4.78 is 25.5. The van der Waals surface area contributed by atoms with Gasteiger partial charge in [-0.25, -0.2) is 19.0 Å². The van der Waals surface area contributed by atoms with Gasteiger partial charge < -0.3 is 14.8 Å². The van der Waals surface area contributed by atoms with Crippen LogP contribution in [0.2, 0.25) is 0 Å². The van der Waals surface area contributed by atoms with Crippen LogP contribution in [0.4, 0.5) is 15.9 Å². The number of nitrogens with one attached hydrogen (secondary N) is 1. The molecule has 2 aromatic heterocycles. The van der Waals surface area contributed by atoms with Crippen LogP contribution in [0.5, 0.6) is 11.5 Å². The first-order valence-corrected chi connectivity index (χ1v) is 8.13. The standard InChI is InChI=1S/C19H16FN5O2/c1-26-14-7-8-17(27-2)16(9-14)24-18-15-10-23-25(19(15)22-11-21-18)13-5-3-12(20)4-6-13/h3-11H,1-2H3,(H,21,22,24). The first kappa shape index (κ1) is 16.8. The maximum Gasteiger partial charge on any atom is 0.168 e. The smallest absolute Gasteiger partial charge is 0.168 e. The molecule has 0 atom stereocenters. The number of nitrogens with zero attached hydrogens (tertiary/aromatic N) is 4. The lowest BCUT2D eigenvalue weighted by Crippen LogP contribution is -2.00. The Morgan fingerprint density at radius 1 is 1.00 bits per heavy atom. The van der Waals surface area contributed by atoms with Gasteiger partial charge in [-0.2, -0.15) is 5.10 Å². The predicted molar refractivity (Wildman–Crippen MR) is 99.4 cm³/mol. The van der Waals surface area contributed by atoms with Gasteiger partial charge in [-0.1, -0.05) is 0 Å². The van der Waals surface area contributed by atoms with Crippen LogP contribution in [-0.2, 0) is 0 Å². The van der Waals surface area contributed by atoms with Crippen LogP contribution in [0.3, 0.4) is 0 Å². The lowest BCUT2D eigenvalue weighted by Gasteiger charge is -2.12. The summed E-state index contributed by atoms with van der Waals surface area (Å²) in [6.45, 7) is 0. The maximum atomic E-state index is 13.2. The van der Waals surface area contributed by atoms with Crippen LogP contribution in [0.25, 0.3) is 16.7 Å². The highest BCUT2D eigenvalue weighted by atomic mass is 19.1. The van der Waals surface area contributed by atoms with Crippen molar-refractivity contribution >= 4 is 22.5 Å². The van der Waals surface area contributed by atoms with E-state index in [-0.39, 0.29) is 5.82 Å². The molecule has 0 saturated carbocycles. The third-order valence-corrected chi connectivity index (χ3v) is 4.10. The van der Waals surface area contributed by atoms with Gasteiger partial charge in [0, 0.05) is 6.07 Å². The molecule has 136 valence electrons. The number of hydrogen-bond donors (Lipinski definition) is 1. The molecule has 0 aliphatic rings. The Balaban J connectivity index is 1.77. The van der Waals surface area contributed by atoms with Gasteiger partial charge in [0.15, 0.2) is 5.65 Å². The van der Waals surface area contributed by atoms with Crippen molar-refractivity contribution in [2.45, 2.75) is 0 Å². The molecular weight excluding hydrogens is 349 g/mol. The largest absolute Gasteiger partial charge is 0.497 e. The topological polar surface area (TPSA) is 74.1 Å². The van der Waals surface area contributed by atoms with Gasteiger partial charge in [0.2, 0.25) is 0 Å². The predicted octanol–water partition coefficient (Wildman–Crippen LogP) is 3.72. The summed E-state index contributed by atoms with van der Waals surface area (Å²) in [7, 11) is 3.19. The summed E-state index contributed by atoms with van der Waals surface area (Å²) in [5.41, 5.74) is 2.00. The number of anilines is 2. The summed E-state index contributed by atoms with van der Waals surface area (Å²) in [4.78, 5) is 8.64. The van der Waals surface area contributed by atoms with Gasteiger partial charge in [0.25, 0.3) is 0 Å². The molecule has 0 aliphatic carbocycles. The minimum absolute atomic E-state index is 0.308. The van der Waals surface area contributed by atoms with Crippen molar-refractivity contribution < 1.29 is 13.9 Å². The van der Waals surface area contributed by atoms with E-state index >= 15 is 0 Å². The second-order valence-corrected chi connectivity index (χ2v) is 5.68. The van der Waals surface area contributed by atoms with Gasteiger partial charge in [-0.3, -0.25) is 0 Å². The summed E-state index contributed by atoms with van der Waals surface area (Å²) in [6, 6.07) is 11.5. The Morgan fingerprint density at radius 2 is 1.81 bits per heavy atom. The Hall–Kier alpha value is -3.68. The number of fused-ring (bicyclic) bond motifs is 1. The first-order chi connectivity index (χ1) is 13.2. The quantitative estimate of drug-likeness (QED) is 0.581. The van der Waals surface area contributed by atoms with E-state index in [1.807, 2.05) is 18.2 Å². The Morgan fingerprint density at radius 3 is 2.56 bits per heavy atom. The zero-order chi connectivity index (χ0) is 18.8. The molecule has 0 aliphatic heterocycles. The van der Waals surface area contributed by atoms with Crippen LogP contribution in [0.15, 0.2) is 55.0 Å². The van der Waals surface area contributed by atoms with E-state index in [4.69, 9.17) is 9.47 Å². The van der Waals surface area contributed by atoms with Crippen LogP contribution in [-0.4, -0.2) is 34.0 Å². The average molecular weight is 365 g/mol. The fraction of sp³-hybridized carbons (Fsp3) is 0.105. The second kappa shape index (κ2) is 6.91. The van der Waals surface area contributed by atoms with E-state index < -0.39 is 0 Å². The van der Waals surface area contributed by atoms with Crippen LogP contribution in [0, 0.1) is 5.82 Å². The average Bonchev–Trinajstić information content (AvgIpc) is 3.13. The molecule has 2 aromatic carbocycles. The molecule has 4 aromatic rings. The Kier molecular flexibility index (Phi) is 4.29. The fourth-order valence-electron chi connectivity index (χ4n) is 2.75. The number of rotatable bonds is 5. The van der Waals surface area contributed by atoms with Crippen molar-refractivity contribution in [1.82, 2.24) is 19.7 Å². The first-order valence-electron chi connectivity index (χ1n) is 8.13. The lowest BCUT2D eigenvalue weighted by molar-refractivity contribution is 0.405. The third kappa shape index (κ3) is 3.12. The van der Waals surface area contributed by atoms with E-state index in [1.54, 1.807) is 37.2 Å². The maximum absolute atomic E-state index is 13.2. The number of aromatic nitrogens is 4. The molecule has 7 nitrogen and oxygen atoms in total. The van der Waals surface area contributed by atoms with Crippen molar-refractivity contribution in [1.29, 1.82) is 0 Å². The molecule has 0 fully saturated rings. The molecule has 0 bridgehead atoms. The van der Waals surface area contributed by atoms with E-state index in [0.717, 1.165) is 0 Å². The van der Waals surface area contributed by atoms with E-state index in [2.05, 4.69) is 20.4 Å². The van der Waals surface area contributed by atoms with Gasteiger partial charge in [0.1, 0.15) is 29.5 Å². The van der Waals surface area contributed by atoms with Crippen molar-refractivity contribution in [3.63, 3.8) is 0 Å². The molecule has 27 heavy (non-hydrogen) atoms. The van der Waals surface area contributed by atoms with Gasteiger partial charge in [-0.05, 0) is 36.4 Å². The number of halogens is 1. The SMILES string of the molecule is COc1ccc(OC)c(Nc2ncnc3c2cnn3-c2ccc(F)cc2)c1. The van der Waals surface area contributed by atoms with E-state index in [1.165, 1.54) is 18.5 Å². The molecule has 0 radical (unpaired) electrons. The molecule has 1 N–H and O–H groups in total. The zero-order valence-electron chi connectivity index (χ0n) is 14.7. The van der Waals surface area contributed by atoms with E-state index in [9.17, 15) is 4.39 Å². The van der Waals surface area contributed by atoms with Crippen LogP contribution in [0.1, 0.15) is 0 Å². The fourth-order valence-corrected chi connectivity index (χ4v) is 2.75. The van der Waals surface area contributed by atoms with Crippen molar-refractivity contribution in [2.75, 3.05) is 19.5 Å². The molecule has 0 spiro atoms. The Labute approximate surface area is 154 Å². The summed E-state index contributed by atoms with van der Waals surface area (Å²) >= 11 is 0. The molecule has 8 heteroatoms. The molecule has 0 amide bonds. The second-order valence-electron chi connectivity index (χ2n) is 5.68. The molecule has 0 saturated heterocycles. The van der Waals surface area contributed by atoms with Crippen LogP contribution >= 0.6 is 0 Å². The van der Waals surface area contributed by atoms with Gasteiger partial charge in [-0.15, -0.1) is 0 Å². The highest BCUT2D eigenvalue weighted by Gasteiger charge is 2.13. The number of ether oxygens (including phenoxy) is 2. The number of hydrogen-bond acceptors (Lipinski definition) is 6. The van der Waals surface area contributed by atoms with Gasteiger partial charge >= 0.3 is 0 Å². The lowest BCUT2D eigenvalue weighted by atomic mass is 10.2. The minimum atomic E-state index is -0.308. The third-order valence-electron chi connectivity index (χ3n) is 4.10. The molecular formula is C19H16FN5O2. The molecule has 4 rings (SSSR count). The van der Waals surface area contributed by atoms with E-state index in [0.29, 0.717) is 39.7 Å². The van der Waals surface area contributed by atoms with Crippen molar-refractivity contribution in [2.24, 2.45) is 0 Å². The summed E-state index contributed by atoms with van der Waals surface area (Å²) in [5, 5.41) is 8.33. The van der Waals surface area contributed by atoms with Gasteiger partial charge in [0.05, 0.1) is 37.2 Å². The van der Waals surface area contributed by atoms with Crippen molar-refractivity contribution in [3.05, 3.63) is 60.8 Å². The highest BCUT2D eigenvalue weighted by Crippen LogP contribution is 2.33. The monoisotopic (exact) mass is 365 g/mol. The molecule has 0 unspecified atom stereocenters. The Bertz CT molecular complexity index is 1100.